The Morgan fingerprint density at radius 2 is 2.05 bits per heavy atom. The van der Waals surface area contributed by atoms with Crippen LogP contribution in [0.5, 0.6) is 0 Å². The third kappa shape index (κ3) is 8.84. The summed E-state index contributed by atoms with van der Waals surface area (Å²) in [4.78, 5) is 15.1. The van der Waals surface area contributed by atoms with Gasteiger partial charge in [0, 0.05) is 39.8 Å². The van der Waals surface area contributed by atoms with E-state index in [2.05, 4.69) is 20.4 Å². The number of aliphatic imine (C=N–C) groups is 1. The lowest BCUT2D eigenvalue weighted by Crippen LogP contribution is -2.38. The number of carbonyl (C=O) groups excluding carboxylic acids is 1. The van der Waals surface area contributed by atoms with Crippen molar-refractivity contribution in [3.05, 3.63) is 0 Å². The summed E-state index contributed by atoms with van der Waals surface area (Å²) in [6, 6.07) is 0. The third-order valence-corrected chi connectivity index (χ3v) is 3.41. The van der Waals surface area contributed by atoms with Gasteiger partial charge in [-0.05, 0) is 25.7 Å². The Morgan fingerprint density at radius 1 is 1.27 bits per heavy atom. The average Bonchev–Trinajstić information content (AvgIpc) is 3.05. The van der Waals surface area contributed by atoms with Gasteiger partial charge in [-0.2, -0.15) is 0 Å². The van der Waals surface area contributed by atoms with Crippen LogP contribution in [0.2, 0.25) is 0 Å². The highest BCUT2D eigenvalue weighted by molar-refractivity contribution is 5.79. The largest absolute Gasteiger partial charge is 0.469 e. The van der Waals surface area contributed by atoms with Crippen LogP contribution in [0.15, 0.2) is 4.99 Å². The highest BCUT2D eigenvalue weighted by Gasteiger charge is 2.15. The first-order valence-corrected chi connectivity index (χ1v) is 7.97. The normalized spacial score (nSPS) is 18.3. The van der Waals surface area contributed by atoms with Crippen molar-refractivity contribution >= 4 is 11.9 Å². The van der Waals surface area contributed by atoms with Crippen LogP contribution in [0.25, 0.3) is 0 Å². The summed E-state index contributed by atoms with van der Waals surface area (Å²) in [5.74, 6) is 0.623. The topological polar surface area (TPSA) is 81.2 Å². The first-order chi connectivity index (χ1) is 10.8. The van der Waals surface area contributed by atoms with Gasteiger partial charge in [0.15, 0.2) is 5.96 Å². The molecule has 2 N–H and O–H groups in total. The van der Waals surface area contributed by atoms with E-state index in [9.17, 15) is 4.79 Å². The van der Waals surface area contributed by atoms with Crippen LogP contribution in [-0.2, 0) is 19.0 Å². The van der Waals surface area contributed by atoms with Crippen molar-refractivity contribution in [1.29, 1.82) is 0 Å². The lowest BCUT2D eigenvalue weighted by atomic mass is 10.2. The van der Waals surface area contributed by atoms with Gasteiger partial charge in [0.1, 0.15) is 0 Å². The van der Waals surface area contributed by atoms with E-state index in [0.29, 0.717) is 6.42 Å². The summed E-state index contributed by atoms with van der Waals surface area (Å²) < 4.78 is 15.5. The van der Waals surface area contributed by atoms with Gasteiger partial charge >= 0.3 is 5.97 Å². The van der Waals surface area contributed by atoms with Crippen molar-refractivity contribution in [2.24, 2.45) is 4.99 Å². The van der Waals surface area contributed by atoms with Gasteiger partial charge in [-0.1, -0.05) is 0 Å². The van der Waals surface area contributed by atoms with Gasteiger partial charge in [-0.3, -0.25) is 9.79 Å². The van der Waals surface area contributed by atoms with Gasteiger partial charge in [-0.15, -0.1) is 0 Å². The minimum absolute atomic E-state index is 0.157. The molecule has 7 heteroatoms. The van der Waals surface area contributed by atoms with Crippen LogP contribution in [0.1, 0.15) is 32.1 Å². The van der Waals surface area contributed by atoms with Gasteiger partial charge in [0.2, 0.25) is 0 Å². The van der Waals surface area contributed by atoms with Crippen LogP contribution in [0.4, 0.5) is 0 Å². The van der Waals surface area contributed by atoms with Crippen molar-refractivity contribution in [3.8, 4) is 0 Å². The second-order valence-corrected chi connectivity index (χ2v) is 5.17. The van der Waals surface area contributed by atoms with Crippen LogP contribution < -0.4 is 10.6 Å². The molecule has 0 aliphatic carbocycles. The Morgan fingerprint density at radius 3 is 2.68 bits per heavy atom. The highest BCUT2D eigenvalue weighted by atomic mass is 16.5. The Kier molecular flexibility index (Phi) is 10.4. The number of hydrogen-bond donors (Lipinski definition) is 2. The summed E-state index contributed by atoms with van der Waals surface area (Å²) in [7, 11) is 3.16. The quantitative estimate of drug-likeness (QED) is 0.267. The SMILES string of the molecule is CN=C(NCCCCC(=O)OC)NCCCOC1CCOC1. The van der Waals surface area contributed by atoms with Crippen LogP contribution in [0, 0.1) is 0 Å². The summed E-state index contributed by atoms with van der Waals surface area (Å²) >= 11 is 0. The zero-order valence-electron chi connectivity index (χ0n) is 13.7. The first-order valence-electron chi connectivity index (χ1n) is 7.97. The van der Waals surface area contributed by atoms with E-state index in [-0.39, 0.29) is 12.1 Å². The maximum Gasteiger partial charge on any atom is 0.305 e. The summed E-state index contributed by atoms with van der Waals surface area (Å²) in [6.45, 7) is 3.87. The molecule has 1 fully saturated rings. The van der Waals surface area contributed by atoms with E-state index in [1.54, 1.807) is 7.05 Å². The molecule has 1 saturated heterocycles. The Bertz CT molecular complexity index is 331. The molecular weight excluding hydrogens is 286 g/mol. The van der Waals surface area contributed by atoms with Crippen molar-refractivity contribution < 1.29 is 19.0 Å². The molecule has 1 unspecified atom stereocenters. The molecule has 0 aromatic heterocycles. The van der Waals surface area contributed by atoms with Crippen LogP contribution >= 0.6 is 0 Å². The molecule has 1 rings (SSSR count). The van der Waals surface area contributed by atoms with Crippen LogP contribution in [0.3, 0.4) is 0 Å². The molecule has 1 atom stereocenters. The molecular formula is C15H29N3O4. The summed E-state index contributed by atoms with van der Waals surface area (Å²) in [6.07, 6.45) is 4.38. The molecule has 0 bridgehead atoms. The Hall–Kier alpha value is -1.34. The smallest absolute Gasteiger partial charge is 0.305 e. The molecule has 1 aliphatic heterocycles. The molecule has 128 valence electrons. The number of rotatable bonds is 10. The van der Waals surface area contributed by atoms with Gasteiger partial charge in [0.25, 0.3) is 0 Å². The number of esters is 1. The molecule has 0 aromatic carbocycles. The number of unbranched alkanes of at least 4 members (excludes halogenated alkanes) is 1. The fourth-order valence-corrected chi connectivity index (χ4v) is 2.10. The number of hydrogen-bond acceptors (Lipinski definition) is 5. The van der Waals surface area contributed by atoms with E-state index in [1.807, 2.05) is 0 Å². The second-order valence-electron chi connectivity index (χ2n) is 5.17. The predicted molar refractivity (Wildman–Crippen MR) is 85.0 cm³/mol. The number of carbonyl (C=O) groups is 1. The minimum Gasteiger partial charge on any atom is -0.469 e. The third-order valence-electron chi connectivity index (χ3n) is 3.41. The summed E-state index contributed by atoms with van der Waals surface area (Å²) in [5, 5.41) is 6.46. The van der Waals surface area contributed by atoms with Crippen molar-refractivity contribution in [3.63, 3.8) is 0 Å². The first kappa shape index (κ1) is 18.7. The standard InChI is InChI=1S/C15H29N3O4/c1-16-15(17-8-4-3-6-14(19)20-2)18-9-5-10-22-13-7-11-21-12-13/h13H,3-12H2,1-2H3,(H2,16,17,18). The molecule has 7 nitrogen and oxygen atoms in total. The number of nitrogens with zero attached hydrogens (tertiary/aromatic N) is 1. The Balaban J connectivity index is 1.94. The molecule has 0 radical (unpaired) electrons. The molecule has 22 heavy (non-hydrogen) atoms. The van der Waals surface area contributed by atoms with E-state index in [1.165, 1.54) is 7.11 Å². The minimum atomic E-state index is -0.157. The van der Waals surface area contributed by atoms with Crippen LogP contribution in [-0.4, -0.2) is 65.1 Å². The average molecular weight is 315 g/mol. The van der Waals surface area contributed by atoms with Crippen molar-refractivity contribution in [2.75, 3.05) is 47.1 Å². The van der Waals surface area contributed by atoms with Crippen molar-refractivity contribution in [1.82, 2.24) is 10.6 Å². The fraction of sp³-hybridized carbons (Fsp3) is 0.867. The zero-order chi connectivity index (χ0) is 16.0. The molecule has 1 aliphatic rings. The number of nitrogens with one attached hydrogen (secondary N) is 2. The monoisotopic (exact) mass is 315 g/mol. The maximum absolute atomic E-state index is 11.0. The van der Waals surface area contributed by atoms with E-state index < -0.39 is 0 Å². The molecule has 1 heterocycles. The lowest BCUT2D eigenvalue weighted by molar-refractivity contribution is -0.140. The van der Waals surface area contributed by atoms with Gasteiger partial charge in [-0.25, -0.2) is 0 Å². The van der Waals surface area contributed by atoms with E-state index >= 15 is 0 Å². The second kappa shape index (κ2) is 12.2. The summed E-state index contributed by atoms with van der Waals surface area (Å²) in [5.41, 5.74) is 0. The maximum atomic E-state index is 11.0. The fourth-order valence-electron chi connectivity index (χ4n) is 2.10. The molecule has 0 spiro atoms. The number of methoxy groups -OCH3 is 1. The van der Waals surface area contributed by atoms with Crippen molar-refractivity contribution in [2.45, 2.75) is 38.2 Å². The highest BCUT2D eigenvalue weighted by Crippen LogP contribution is 2.07. The number of guanidine groups is 1. The predicted octanol–water partition coefficient (Wildman–Crippen LogP) is 0.690. The molecule has 0 amide bonds. The van der Waals surface area contributed by atoms with E-state index in [0.717, 1.165) is 64.6 Å². The number of ether oxygens (including phenoxy) is 3. The van der Waals surface area contributed by atoms with Gasteiger partial charge < -0.3 is 24.8 Å². The molecule has 0 aromatic rings. The Labute approximate surface area is 132 Å². The van der Waals surface area contributed by atoms with Gasteiger partial charge in [0.05, 0.1) is 19.8 Å². The van der Waals surface area contributed by atoms with E-state index in [4.69, 9.17) is 9.47 Å². The lowest BCUT2D eigenvalue weighted by Gasteiger charge is -2.13. The zero-order valence-corrected chi connectivity index (χ0v) is 13.7. The molecule has 0 saturated carbocycles.